The van der Waals surface area contributed by atoms with Gasteiger partial charge in [-0.05, 0) is 0 Å². The molecule has 0 bridgehead atoms. The lowest BCUT2D eigenvalue weighted by Crippen LogP contribution is -2.45. The average Bonchev–Trinajstić information content (AvgIpc) is 2.49. The zero-order valence-corrected chi connectivity index (χ0v) is 7.73. The lowest BCUT2D eigenvalue weighted by molar-refractivity contribution is -0.0924. The van der Waals surface area contributed by atoms with Crippen molar-refractivity contribution < 1.29 is 4.74 Å². The molecule has 1 aliphatic heterocycles. The Morgan fingerprint density at radius 3 is 3.08 bits per heavy atom. The summed E-state index contributed by atoms with van der Waals surface area (Å²) >= 11 is 1.39. The molecular weight excluding hydrogens is 174 g/mol. The van der Waals surface area contributed by atoms with E-state index in [0.717, 1.165) is 24.9 Å². The van der Waals surface area contributed by atoms with Crippen LogP contribution in [0.3, 0.4) is 0 Å². The third-order valence-corrected chi connectivity index (χ3v) is 2.55. The SMILES string of the molecule is CC1(CNc2ncns2)COC1. The molecule has 0 amide bonds. The van der Waals surface area contributed by atoms with Crippen LogP contribution >= 0.6 is 11.5 Å². The van der Waals surface area contributed by atoms with E-state index >= 15 is 0 Å². The third kappa shape index (κ3) is 1.56. The zero-order valence-electron chi connectivity index (χ0n) is 6.91. The van der Waals surface area contributed by atoms with Gasteiger partial charge in [-0.2, -0.15) is 4.37 Å². The molecule has 66 valence electrons. The average molecular weight is 185 g/mol. The highest BCUT2D eigenvalue weighted by molar-refractivity contribution is 7.09. The number of aromatic nitrogens is 2. The van der Waals surface area contributed by atoms with Crippen molar-refractivity contribution in [3.63, 3.8) is 0 Å². The number of rotatable bonds is 3. The minimum absolute atomic E-state index is 0.297. The Morgan fingerprint density at radius 2 is 2.58 bits per heavy atom. The molecule has 1 saturated heterocycles. The highest BCUT2D eigenvalue weighted by Gasteiger charge is 2.33. The van der Waals surface area contributed by atoms with Crippen molar-refractivity contribution in [1.29, 1.82) is 0 Å². The topological polar surface area (TPSA) is 47.0 Å². The van der Waals surface area contributed by atoms with Gasteiger partial charge < -0.3 is 10.1 Å². The Morgan fingerprint density at radius 1 is 1.75 bits per heavy atom. The van der Waals surface area contributed by atoms with E-state index in [9.17, 15) is 0 Å². The first-order valence-electron chi connectivity index (χ1n) is 3.87. The maximum absolute atomic E-state index is 5.14. The Kier molecular flexibility index (Phi) is 1.98. The molecule has 1 aromatic rings. The van der Waals surface area contributed by atoms with Gasteiger partial charge in [-0.1, -0.05) is 6.92 Å². The Bertz CT molecular complexity index is 245. The Labute approximate surface area is 75.1 Å². The van der Waals surface area contributed by atoms with Crippen LogP contribution < -0.4 is 5.32 Å². The first kappa shape index (κ1) is 7.94. The van der Waals surface area contributed by atoms with Gasteiger partial charge in [0.15, 0.2) is 0 Å². The van der Waals surface area contributed by atoms with Crippen LogP contribution in [0, 0.1) is 5.41 Å². The summed E-state index contributed by atoms with van der Waals surface area (Å²) in [5.41, 5.74) is 0.297. The van der Waals surface area contributed by atoms with Crippen molar-refractivity contribution in [2.45, 2.75) is 6.92 Å². The highest BCUT2D eigenvalue weighted by Crippen LogP contribution is 2.26. The van der Waals surface area contributed by atoms with Gasteiger partial charge in [0.2, 0.25) is 5.13 Å². The van der Waals surface area contributed by atoms with Gasteiger partial charge in [-0.25, -0.2) is 4.98 Å². The smallest absolute Gasteiger partial charge is 0.202 e. The third-order valence-electron chi connectivity index (χ3n) is 1.93. The monoisotopic (exact) mass is 185 g/mol. The van der Waals surface area contributed by atoms with Crippen LogP contribution in [0.2, 0.25) is 0 Å². The van der Waals surface area contributed by atoms with Crippen LogP contribution in [-0.4, -0.2) is 29.1 Å². The van der Waals surface area contributed by atoms with E-state index in [4.69, 9.17) is 4.74 Å². The zero-order chi connectivity index (χ0) is 8.44. The summed E-state index contributed by atoms with van der Waals surface area (Å²) < 4.78 is 9.04. The molecule has 4 nitrogen and oxygen atoms in total. The number of nitrogens with one attached hydrogen (secondary N) is 1. The van der Waals surface area contributed by atoms with E-state index in [2.05, 4.69) is 21.6 Å². The molecule has 1 aliphatic rings. The quantitative estimate of drug-likeness (QED) is 0.762. The van der Waals surface area contributed by atoms with Crippen LogP contribution in [0.5, 0.6) is 0 Å². The molecule has 2 rings (SSSR count). The van der Waals surface area contributed by atoms with Crippen LogP contribution in [0.15, 0.2) is 6.33 Å². The summed E-state index contributed by atoms with van der Waals surface area (Å²) in [5.74, 6) is 0. The number of hydrogen-bond donors (Lipinski definition) is 1. The summed E-state index contributed by atoms with van der Waals surface area (Å²) in [5, 5.41) is 4.12. The molecule has 0 aromatic carbocycles. The predicted octanol–water partition coefficient (Wildman–Crippen LogP) is 0.986. The van der Waals surface area contributed by atoms with E-state index in [-0.39, 0.29) is 0 Å². The number of nitrogens with zero attached hydrogens (tertiary/aromatic N) is 2. The molecular formula is C7H11N3OS. The van der Waals surface area contributed by atoms with Crippen molar-refractivity contribution in [2.75, 3.05) is 25.1 Å². The molecule has 2 heterocycles. The van der Waals surface area contributed by atoms with Gasteiger partial charge in [0.05, 0.1) is 13.2 Å². The first-order valence-corrected chi connectivity index (χ1v) is 4.64. The molecule has 0 spiro atoms. The first-order chi connectivity index (χ1) is 5.79. The van der Waals surface area contributed by atoms with E-state index in [1.165, 1.54) is 11.5 Å². The Hall–Kier alpha value is -0.680. The summed E-state index contributed by atoms with van der Waals surface area (Å²) in [6.07, 6.45) is 1.56. The minimum Gasteiger partial charge on any atom is -0.380 e. The van der Waals surface area contributed by atoms with Gasteiger partial charge in [0.1, 0.15) is 6.33 Å². The van der Waals surface area contributed by atoms with Crippen LogP contribution in [0.25, 0.3) is 0 Å². The van der Waals surface area contributed by atoms with Crippen molar-refractivity contribution in [3.8, 4) is 0 Å². The predicted molar refractivity (Wildman–Crippen MR) is 47.3 cm³/mol. The Balaban J connectivity index is 1.82. The van der Waals surface area contributed by atoms with E-state index in [0.29, 0.717) is 5.41 Å². The van der Waals surface area contributed by atoms with Crippen LogP contribution in [-0.2, 0) is 4.74 Å². The van der Waals surface area contributed by atoms with Gasteiger partial charge in [-0.15, -0.1) is 0 Å². The van der Waals surface area contributed by atoms with Gasteiger partial charge >= 0.3 is 0 Å². The second-order valence-corrected chi connectivity index (χ2v) is 4.18. The summed E-state index contributed by atoms with van der Waals surface area (Å²) in [4.78, 5) is 4.03. The van der Waals surface area contributed by atoms with Crippen molar-refractivity contribution in [2.24, 2.45) is 5.41 Å². The number of hydrogen-bond acceptors (Lipinski definition) is 5. The highest BCUT2D eigenvalue weighted by atomic mass is 32.1. The lowest BCUT2D eigenvalue weighted by atomic mass is 9.89. The summed E-state index contributed by atoms with van der Waals surface area (Å²) in [7, 11) is 0. The number of anilines is 1. The van der Waals surface area contributed by atoms with Crippen molar-refractivity contribution >= 4 is 16.7 Å². The van der Waals surface area contributed by atoms with Crippen LogP contribution in [0.1, 0.15) is 6.92 Å². The molecule has 0 radical (unpaired) electrons. The molecule has 0 saturated carbocycles. The molecule has 12 heavy (non-hydrogen) atoms. The largest absolute Gasteiger partial charge is 0.380 e. The molecule has 0 aliphatic carbocycles. The lowest BCUT2D eigenvalue weighted by Gasteiger charge is -2.37. The normalized spacial score (nSPS) is 20.1. The van der Waals surface area contributed by atoms with Gasteiger partial charge in [-0.3, -0.25) is 0 Å². The van der Waals surface area contributed by atoms with E-state index < -0.39 is 0 Å². The van der Waals surface area contributed by atoms with E-state index in [1.807, 2.05) is 0 Å². The van der Waals surface area contributed by atoms with E-state index in [1.54, 1.807) is 6.33 Å². The molecule has 0 unspecified atom stereocenters. The molecule has 0 atom stereocenters. The molecule has 5 heteroatoms. The second kappa shape index (κ2) is 2.99. The van der Waals surface area contributed by atoms with Crippen molar-refractivity contribution in [1.82, 2.24) is 9.36 Å². The van der Waals surface area contributed by atoms with Gasteiger partial charge in [0.25, 0.3) is 0 Å². The molecule has 1 N–H and O–H groups in total. The fourth-order valence-corrected chi connectivity index (χ4v) is 1.52. The van der Waals surface area contributed by atoms with Crippen LogP contribution in [0.4, 0.5) is 5.13 Å². The second-order valence-electron chi connectivity index (χ2n) is 3.40. The fourth-order valence-electron chi connectivity index (χ4n) is 1.09. The standard InChI is InChI=1S/C7H11N3OS/c1-7(3-11-4-7)2-8-6-9-5-10-12-6/h5H,2-4H2,1H3,(H,8,9,10). The molecule has 1 fully saturated rings. The fraction of sp³-hybridized carbons (Fsp3) is 0.714. The van der Waals surface area contributed by atoms with Crippen molar-refractivity contribution in [3.05, 3.63) is 6.33 Å². The maximum atomic E-state index is 5.14. The minimum atomic E-state index is 0.297. The number of ether oxygens (including phenoxy) is 1. The molecule has 1 aromatic heterocycles. The maximum Gasteiger partial charge on any atom is 0.202 e. The summed E-state index contributed by atoms with van der Waals surface area (Å²) in [6, 6.07) is 0. The van der Waals surface area contributed by atoms with Gasteiger partial charge in [0, 0.05) is 23.5 Å². The summed E-state index contributed by atoms with van der Waals surface area (Å²) in [6.45, 7) is 4.81.